The normalized spacial score (nSPS) is 10.8. The summed E-state index contributed by atoms with van der Waals surface area (Å²) in [7, 11) is 1.61. The predicted octanol–water partition coefficient (Wildman–Crippen LogP) is 2.36. The Morgan fingerprint density at radius 1 is 1.45 bits per heavy atom. The lowest BCUT2D eigenvalue weighted by Gasteiger charge is -2.17. The number of hydrogen-bond donors (Lipinski definition) is 1. The molecule has 0 spiro atoms. The second kappa shape index (κ2) is 7.69. The van der Waals surface area contributed by atoms with E-state index in [0.717, 1.165) is 17.9 Å². The van der Waals surface area contributed by atoms with Crippen LogP contribution in [0.4, 0.5) is 4.39 Å². The van der Waals surface area contributed by atoms with E-state index in [0.29, 0.717) is 12.1 Å². The quantitative estimate of drug-likeness (QED) is 0.819. The number of benzene rings is 1. The second-order valence-corrected chi connectivity index (χ2v) is 5.12. The first-order valence-corrected chi connectivity index (χ1v) is 7.30. The van der Waals surface area contributed by atoms with Crippen molar-refractivity contribution in [2.75, 3.05) is 25.6 Å². The first kappa shape index (κ1) is 16.2. The highest BCUT2D eigenvalue weighted by atomic mass is 32.2. The molecular formula is C14H16FNO3S. The predicted molar refractivity (Wildman–Crippen MR) is 78.4 cm³/mol. The number of rotatable bonds is 6. The van der Waals surface area contributed by atoms with Crippen molar-refractivity contribution >= 4 is 29.7 Å². The van der Waals surface area contributed by atoms with Crippen LogP contribution in [0.1, 0.15) is 15.9 Å². The SMILES string of the molecule is CSCCN(C)C(=O)c1cc(/C=C/C(=O)O)ccc1F. The molecule has 0 saturated carbocycles. The molecule has 0 heterocycles. The molecule has 108 valence electrons. The van der Waals surface area contributed by atoms with Crippen LogP contribution >= 0.6 is 11.8 Å². The molecule has 1 aromatic carbocycles. The standard InChI is InChI=1S/C14H16FNO3S/c1-16(7-8-20-2)14(19)11-9-10(3-5-12(11)15)4-6-13(17)18/h3-6,9H,7-8H2,1-2H3,(H,17,18)/b6-4+. The van der Waals surface area contributed by atoms with Gasteiger partial charge < -0.3 is 10.0 Å². The first-order valence-electron chi connectivity index (χ1n) is 5.90. The second-order valence-electron chi connectivity index (χ2n) is 4.13. The molecule has 0 saturated heterocycles. The van der Waals surface area contributed by atoms with Crippen LogP contribution in [-0.4, -0.2) is 47.5 Å². The Labute approximate surface area is 121 Å². The summed E-state index contributed by atoms with van der Waals surface area (Å²) < 4.78 is 13.7. The van der Waals surface area contributed by atoms with Crippen molar-refractivity contribution in [2.45, 2.75) is 0 Å². The van der Waals surface area contributed by atoms with Gasteiger partial charge in [-0.25, -0.2) is 9.18 Å². The molecular weight excluding hydrogens is 281 g/mol. The maximum atomic E-state index is 13.7. The minimum atomic E-state index is -1.10. The summed E-state index contributed by atoms with van der Waals surface area (Å²) in [6, 6.07) is 3.94. The topological polar surface area (TPSA) is 57.6 Å². The molecule has 6 heteroatoms. The Bertz CT molecular complexity index is 531. The number of carboxylic acid groups (broad SMARTS) is 1. The number of carbonyl (C=O) groups is 2. The molecule has 0 aliphatic carbocycles. The van der Waals surface area contributed by atoms with Crippen molar-refractivity contribution in [3.8, 4) is 0 Å². The zero-order valence-corrected chi connectivity index (χ0v) is 12.1. The van der Waals surface area contributed by atoms with Gasteiger partial charge in [0.2, 0.25) is 0 Å². The van der Waals surface area contributed by atoms with E-state index in [9.17, 15) is 14.0 Å². The zero-order valence-electron chi connectivity index (χ0n) is 11.3. The fraction of sp³-hybridized carbons (Fsp3) is 0.286. The number of carbonyl (C=O) groups excluding carboxylic acids is 1. The number of amides is 1. The van der Waals surface area contributed by atoms with Crippen molar-refractivity contribution in [1.82, 2.24) is 4.90 Å². The summed E-state index contributed by atoms with van der Waals surface area (Å²) in [5, 5.41) is 8.55. The van der Waals surface area contributed by atoms with E-state index in [-0.39, 0.29) is 5.56 Å². The molecule has 1 aromatic rings. The average Bonchev–Trinajstić information content (AvgIpc) is 2.43. The van der Waals surface area contributed by atoms with Crippen LogP contribution < -0.4 is 0 Å². The number of halogens is 1. The molecule has 0 fully saturated rings. The minimum absolute atomic E-state index is 0.0545. The fourth-order valence-electron chi connectivity index (χ4n) is 1.51. The van der Waals surface area contributed by atoms with E-state index < -0.39 is 17.7 Å². The van der Waals surface area contributed by atoms with Crippen LogP contribution in [0, 0.1) is 5.82 Å². The van der Waals surface area contributed by atoms with Crippen LogP contribution in [0.25, 0.3) is 6.08 Å². The van der Waals surface area contributed by atoms with Crippen molar-refractivity contribution in [3.63, 3.8) is 0 Å². The molecule has 4 nitrogen and oxygen atoms in total. The molecule has 1 amide bonds. The van der Waals surface area contributed by atoms with Crippen LogP contribution in [0.3, 0.4) is 0 Å². The molecule has 0 aliphatic heterocycles. The number of thioether (sulfide) groups is 1. The fourth-order valence-corrected chi connectivity index (χ4v) is 1.97. The van der Waals surface area contributed by atoms with Crippen LogP contribution in [0.2, 0.25) is 0 Å². The zero-order chi connectivity index (χ0) is 15.1. The Morgan fingerprint density at radius 3 is 2.75 bits per heavy atom. The minimum Gasteiger partial charge on any atom is -0.478 e. The Hall–Kier alpha value is -1.82. The van der Waals surface area contributed by atoms with Crippen molar-refractivity contribution < 1.29 is 19.1 Å². The van der Waals surface area contributed by atoms with Crippen LogP contribution in [-0.2, 0) is 4.79 Å². The largest absolute Gasteiger partial charge is 0.478 e. The lowest BCUT2D eigenvalue weighted by molar-refractivity contribution is -0.131. The lowest BCUT2D eigenvalue weighted by atomic mass is 10.1. The van der Waals surface area contributed by atoms with E-state index in [2.05, 4.69) is 0 Å². The molecule has 1 rings (SSSR count). The Kier molecular flexibility index (Phi) is 6.24. The van der Waals surface area contributed by atoms with Gasteiger partial charge in [0.25, 0.3) is 5.91 Å². The number of hydrogen-bond acceptors (Lipinski definition) is 3. The summed E-state index contributed by atoms with van der Waals surface area (Å²) in [6.45, 7) is 0.522. The van der Waals surface area contributed by atoms with E-state index in [1.54, 1.807) is 18.8 Å². The maximum Gasteiger partial charge on any atom is 0.328 e. The number of aliphatic carboxylic acids is 1. The van der Waals surface area contributed by atoms with E-state index in [1.807, 2.05) is 6.26 Å². The molecule has 1 N–H and O–H groups in total. The Morgan fingerprint density at radius 2 is 2.15 bits per heavy atom. The molecule has 20 heavy (non-hydrogen) atoms. The van der Waals surface area contributed by atoms with Gasteiger partial charge in [0, 0.05) is 25.4 Å². The maximum absolute atomic E-state index is 13.7. The third kappa shape index (κ3) is 4.70. The summed E-state index contributed by atoms with van der Waals surface area (Å²) in [5.41, 5.74) is 0.413. The summed E-state index contributed by atoms with van der Waals surface area (Å²) in [5.74, 6) is -1.36. The molecule has 0 aliphatic rings. The molecule has 0 bridgehead atoms. The monoisotopic (exact) mass is 297 g/mol. The van der Waals surface area contributed by atoms with Gasteiger partial charge in [-0.1, -0.05) is 6.07 Å². The third-order valence-electron chi connectivity index (χ3n) is 2.62. The van der Waals surface area contributed by atoms with E-state index in [1.165, 1.54) is 23.1 Å². The van der Waals surface area contributed by atoms with Gasteiger partial charge in [-0.3, -0.25) is 4.79 Å². The van der Waals surface area contributed by atoms with E-state index >= 15 is 0 Å². The summed E-state index contributed by atoms with van der Waals surface area (Å²) in [6.07, 6.45) is 4.19. The van der Waals surface area contributed by atoms with Crippen molar-refractivity contribution in [1.29, 1.82) is 0 Å². The highest BCUT2D eigenvalue weighted by Gasteiger charge is 2.16. The van der Waals surface area contributed by atoms with Gasteiger partial charge in [0.1, 0.15) is 5.82 Å². The van der Waals surface area contributed by atoms with Gasteiger partial charge in [-0.2, -0.15) is 11.8 Å². The Balaban J connectivity index is 2.96. The molecule has 0 unspecified atom stereocenters. The molecule has 0 atom stereocenters. The van der Waals surface area contributed by atoms with Gasteiger partial charge >= 0.3 is 5.97 Å². The first-order chi connectivity index (χ1) is 9.45. The third-order valence-corrected chi connectivity index (χ3v) is 3.21. The number of nitrogens with zero attached hydrogens (tertiary/aromatic N) is 1. The average molecular weight is 297 g/mol. The highest BCUT2D eigenvalue weighted by Crippen LogP contribution is 2.14. The lowest BCUT2D eigenvalue weighted by Crippen LogP contribution is -2.29. The smallest absolute Gasteiger partial charge is 0.328 e. The van der Waals surface area contributed by atoms with Gasteiger partial charge in [-0.15, -0.1) is 0 Å². The van der Waals surface area contributed by atoms with Crippen molar-refractivity contribution in [2.24, 2.45) is 0 Å². The van der Waals surface area contributed by atoms with Gasteiger partial charge in [0.15, 0.2) is 0 Å². The molecule has 0 aromatic heterocycles. The van der Waals surface area contributed by atoms with Gasteiger partial charge in [0.05, 0.1) is 5.56 Å². The molecule has 0 radical (unpaired) electrons. The van der Waals surface area contributed by atoms with Gasteiger partial charge in [-0.05, 0) is 30.0 Å². The highest BCUT2D eigenvalue weighted by molar-refractivity contribution is 7.98. The number of carboxylic acids is 1. The van der Waals surface area contributed by atoms with Crippen LogP contribution in [0.15, 0.2) is 24.3 Å². The summed E-state index contributed by atoms with van der Waals surface area (Å²) >= 11 is 1.60. The van der Waals surface area contributed by atoms with Crippen LogP contribution in [0.5, 0.6) is 0 Å². The summed E-state index contributed by atoms with van der Waals surface area (Å²) in [4.78, 5) is 24.0. The van der Waals surface area contributed by atoms with E-state index in [4.69, 9.17) is 5.11 Å². The van der Waals surface area contributed by atoms with Crippen molar-refractivity contribution in [3.05, 3.63) is 41.2 Å².